The monoisotopic (exact) mass is 933 g/mol. The molecule has 0 aromatic rings. The molecule has 0 bridgehead atoms. The molecule has 0 aliphatic carbocycles. The zero-order chi connectivity index (χ0) is 48.5. The van der Waals surface area contributed by atoms with Crippen LogP contribution in [0.3, 0.4) is 0 Å². The number of hydrogen-bond acceptors (Lipinski definition) is 4. The van der Waals surface area contributed by atoms with Gasteiger partial charge in [-0.1, -0.05) is 311 Å². The van der Waals surface area contributed by atoms with Crippen LogP contribution in [0.25, 0.3) is 0 Å². The van der Waals surface area contributed by atoms with Crippen molar-refractivity contribution < 1.29 is 19.1 Å². The normalized spacial score (nSPS) is 11.8. The molecule has 4 nitrogen and oxygen atoms in total. The summed E-state index contributed by atoms with van der Waals surface area (Å²) in [5.74, 6) is 1.26. The zero-order valence-electron chi connectivity index (χ0n) is 46.6. The van der Waals surface area contributed by atoms with Gasteiger partial charge in [0.15, 0.2) is 0 Å². The summed E-state index contributed by atoms with van der Waals surface area (Å²) in [7, 11) is 0. The Morgan fingerprint density at radius 1 is 0.242 bits per heavy atom. The summed E-state index contributed by atoms with van der Waals surface area (Å²) < 4.78 is 11.5. The van der Waals surface area contributed by atoms with Crippen molar-refractivity contribution in [1.29, 1.82) is 0 Å². The van der Waals surface area contributed by atoms with Crippen molar-refractivity contribution >= 4 is 11.9 Å². The first-order valence-electron chi connectivity index (χ1n) is 30.8. The highest BCUT2D eigenvalue weighted by atomic mass is 16.5. The molecule has 0 aromatic carbocycles. The van der Waals surface area contributed by atoms with Crippen molar-refractivity contribution in [2.45, 2.75) is 363 Å². The number of carbonyl (C=O) groups excluding carboxylic acids is 2. The summed E-state index contributed by atoms with van der Waals surface area (Å²) in [5.41, 5.74) is 0. The second kappa shape index (κ2) is 60.1. The predicted molar refractivity (Wildman–Crippen MR) is 294 cm³/mol. The van der Waals surface area contributed by atoms with Crippen LogP contribution in [-0.4, -0.2) is 25.2 Å². The molecule has 0 rings (SSSR count). The van der Waals surface area contributed by atoms with Crippen LogP contribution in [0, 0.1) is 11.8 Å². The molecule has 0 aliphatic rings. The van der Waals surface area contributed by atoms with E-state index in [2.05, 4.69) is 41.5 Å². The van der Waals surface area contributed by atoms with Gasteiger partial charge < -0.3 is 9.47 Å². The summed E-state index contributed by atoms with van der Waals surface area (Å²) >= 11 is 0. The van der Waals surface area contributed by atoms with Crippen molar-refractivity contribution in [2.24, 2.45) is 11.8 Å². The smallest absolute Gasteiger partial charge is 0.305 e. The van der Waals surface area contributed by atoms with E-state index >= 15 is 0 Å². The summed E-state index contributed by atoms with van der Waals surface area (Å²) in [4.78, 5) is 24.5. The summed E-state index contributed by atoms with van der Waals surface area (Å²) in [6.07, 6.45) is 64.8. The van der Waals surface area contributed by atoms with Crippen molar-refractivity contribution in [1.82, 2.24) is 0 Å². The average Bonchev–Trinajstić information content (AvgIpc) is 3.32. The van der Waals surface area contributed by atoms with E-state index in [0.717, 1.165) is 12.8 Å². The maximum Gasteiger partial charge on any atom is 0.305 e. The molecular formula is C62H124O4. The molecule has 0 radical (unpaired) electrons. The van der Waals surface area contributed by atoms with Gasteiger partial charge in [0.2, 0.25) is 0 Å². The lowest BCUT2D eigenvalue weighted by molar-refractivity contribution is -0.146. The highest BCUT2D eigenvalue weighted by Crippen LogP contribution is 2.22. The molecule has 0 fully saturated rings. The van der Waals surface area contributed by atoms with Gasteiger partial charge in [0.25, 0.3) is 0 Å². The van der Waals surface area contributed by atoms with Gasteiger partial charge in [-0.3, -0.25) is 9.59 Å². The first-order chi connectivity index (χ1) is 32.5. The van der Waals surface area contributed by atoms with Gasteiger partial charge in [-0.2, -0.15) is 0 Å². The van der Waals surface area contributed by atoms with Crippen molar-refractivity contribution in [3.05, 3.63) is 0 Å². The first-order valence-corrected chi connectivity index (χ1v) is 30.8. The molecule has 0 amide bonds. The molecule has 0 aromatic heterocycles. The van der Waals surface area contributed by atoms with Gasteiger partial charge in [-0.15, -0.1) is 0 Å². The van der Waals surface area contributed by atoms with Crippen LogP contribution in [0.15, 0.2) is 0 Å². The van der Waals surface area contributed by atoms with E-state index < -0.39 is 0 Å². The van der Waals surface area contributed by atoms with Crippen LogP contribution in [0.1, 0.15) is 363 Å². The zero-order valence-corrected chi connectivity index (χ0v) is 46.6. The minimum Gasteiger partial charge on any atom is -0.465 e. The topological polar surface area (TPSA) is 52.6 Å². The Hall–Kier alpha value is -1.06. The Balaban J connectivity index is 0. The highest BCUT2D eigenvalue weighted by Gasteiger charge is 2.14. The van der Waals surface area contributed by atoms with Gasteiger partial charge in [0, 0.05) is 12.8 Å². The van der Waals surface area contributed by atoms with Crippen LogP contribution >= 0.6 is 0 Å². The molecule has 0 heterocycles. The first kappa shape index (κ1) is 67.0. The van der Waals surface area contributed by atoms with Crippen LogP contribution in [0.5, 0.6) is 0 Å². The molecule has 0 N–H and O–H groups in total. The average molecular weight is 934 g/mol. The molecule has 1 atom stereocenters. The second-order valence-corrected chi connectivity index (χ2v) is 21.2. The van der Waals surface area contributed by atoms with Gasteiger partial charge in [-0.25, -0.2) is 0 Å². The Labute approximate surface area is 417 Å². The fourth-order valence-corrected chi connectivity index (χ4v) is 9.55. The van der Waals surface area contributed by atoms with Crippen LogP contribution in [0.2, 0.25) is 0 Å². The number of esters is 2. The summed E-state index contributed by atoms with van der Waals surface area (Å²) in [6, 6.07) is 0. The van der Waals surface area contributed by atoms with E-state index in [0.29, 0.717) is 37.9 Å². The molecule has 0 aliphatic heterocycles. The van der Waals surface area contributed by atoms with Crippen LogP contribution < -0.4 is 0 Å². The lowest BCUT2D eigenvalue weighted by Crippen LogP contribution is -2.14. The highest BCUT2D eigenvalue weighted by molar-refractivity contribution is 5.69. The molecule has 0 spiro atoms. The quantitative estimate of drug-likeness (QED) is 0.0450. The second-order valence-electron chi connectivity index (χ2n) is 21.2. The SMILES string of the molecule is CCCCCCCCCCCC(=O)OCC(CCCCCC)CCCCCCCC.CCCCCCCCCCCCCCCC(=O)OCC(CCCCCCCC)CCCCCCCC. The number of carbonyl (C=O) groups is 2. The van der Waals surface area contributed by atoms with Crippen molar-refractivity contribution in [3.8, 4) is 0 Å². The van der Waals surface area contributed by atoms with Crippen LogP contribution in [-0.2, 0) is 19.1 Å². The molecule has 396 valence electrons. The van der Waals surface area contributed by atoms with E-state index in [1.165, 1.54) is 295 Å². The Bertz CT molecular complexity index is 886. The third-order valence-corrected chi connectivity index (χ3v) is 14.3. The van der Waals surface area contributed by atoms with E-state index in [9.17, 15) is 9.59 Å². The van der Waals surface area contributed by atoms with E-state index in [1.54, 1.807) is 0 Å². The van der Waals surface area contributed by atoms with Gasteiger partial charge in [0.1, 0.15) is 0 Å². The lowest BCUT2D eigenvalue weighted by atomic mass is 9.94. The molecular weight excluding hydrogens is 809 g/mol. The van der Waals surface area contributed by atoms with E-state index in [-0.39, 0.29) is 11.9 Å². The molecule has 1 unspecified atom stereocenters. The molecule has 4 heteroatoms. The molecule has 66 heavy (non-hydrogen) atoms. The predicted octanol–water partition coefficient (Wildman–Crippen LogP) is 21.9. The number of hydrogen-bond donors (Lipinski definition) is 0. The lowest BCUT2D eigenvalue weighted by Gasteiger charge is -2.17. The van der Waals surface area contributed by atoms with Gasteiger partial charge in [-0.05, 0) is 50.4 Å². The maximum atomic E-state index is 12.3. The van der Waals surface area contributed by atoms with Gasteiger partial charge in [0.05, 0.1) is 13.2 Å². The fraction of sp³-hybridized carbons (Fsp3) is 0.968. The number of rotatable bonds is 54. The number of unbranched alkanes of at least 4 members (excludes halogenated alkanes) is 38. The number of ether oxygens (including phenoxy) is 2. The Kier molecular flexibility index (Phi) is 61.0. The summed E-state index contributed by atoms with van der Waals surface area (Å²) in [5, 5.41) is 0. The fourth-order valence-electron chi connectivity index (χ4n) is 9.55. The van der Waals surface area contributed by atoms with E-state index in [4.69, 9.17) is 9.47 Å². The minimum absolute atomic E-state index is 0.0412. The van der Waals surface area contributed by atoms with Crippen LogP contribution in [0.4, 0.5) is 0 Å². The van der Waals surface area contributed by atoms with Crippen molar-refractivity contribution in [2.75, 3.05) is 13.2 Å². The Morgan fingerprint density at radius 3 is 0.621 bits per heavy atom. The summed E-state index contributed by atoms with van der Waals surface area (Å²) in [6.45, 7) is 15.0. The molecule has 0 saturated carbocycles. The molecule has 0 saturated heterocycles. The van der Waals surface area contributed by atoms with E-state index in [1.807, 2.05) is 0 Å². The van der Waals surface area contributed by atoms with Crippen molar-refractivity contribution in [3.63, 3.8) is 0 Å². The third kappa shape index (κ3) is 57.3. The maximum absolute atomic E-state index is 12.3. The Morgan fingerprint density at radius 2 is 0.409 bits per heavy atom. The largest absolute Gasteiger partial charge is 0.465 e. The third-order valence-electron chi connectivity index (χ3n) is 14.3. The van der Waals surface area contributed by atoms with Gasteiger partial charge >= 0.3 is 11.9 Å². The minimum atomic E-state index is 0.0412. The standard InChI is InChI=1S/C34H68O2.C28H56O2/c1-4-7-10-13-16-17-18-19-20-21-22-25-28-31-34(35)36-32-33(29-26-23-14-11-8-5-2)30-27-24-15-12-9-6-3;1-4-7-10-13-15-16-17-19-22-25-28(29)30-26-27(23-20-12-9-6-3)24-21-18-14-11-8-5-2/h33H,4-32H2,1-3H3;27H,4-26H2,1-3H3.